The van der Waals surface area contributed by atoms with Crippen LogP contribution in [0.25, 0.3) is 0 Å². The lowest BCUT2D eigenvalue weighted by atomic mass is 9.45. The Morgan fingerprint density at radius 3 is 1.56 bits per heavy atom. The van der Waals surface area contributed by atoms with Crippen LogP contribution in [0.15, 0.2) is 0 Å². The summed E-state index contributed by atoms with van der Waals surface area (Å²) in [5.74, 6) is -32.5. The van der Waals surface area contributed by atoms with Crippen LogP contribution in [-0.4, -0.2) is 60.2 Å². The minimum Gasteiger partial charge on any atom is -0.458 e. The largest absolute Gasteiger partial charge is 0.460 e. The van der Waals surface area contributed by atoms with Crippen LogP contribution in [0, 0.1) is 34.5 Å². The second-order valence-corrected chi connectivity index (χ2v) is 13.3. The van der Waals surface area contributed by atoms with Crippen molar-refractivity contribution in [3.8, 4) is 0 Å². The van der Waals surface area contributed by atoms with E-state index in [0.29, 0.717) is 19.3 Å². The minimum absolute atomic E-state index is 0.0707. The Labute approximate surface area is 247 Å². The Balaban J connectivity index is 1.44. The molecule has 4 aliphatic carbocycles. The quantitative estimate of drug-likeness (QED) is 0.208. The molecule has 0 N–H and O–H groups in total. The average molecular weight is 685 g/mol. The van der Waals surface area contributed by atoms with Crippen molar-refractivity contribution in [2.45, 2.75) is 120 Å². The number of halogens is 14. The zero-order chi connectivity index (χ0) is 34.4. The van der Waals surface area contributed by atoms with Gasteiger partial charge in [0.15, 0.2) is 0 Å². The number of hydrogen-bond donors (Lipinski definition) is 0. The van der Waals surface area contributed by atoms with Gasteiger partial charge in [0.2, 0.25) is 0 Å². The number of esters is 2. The highest BCUT2D eigenvalue weighted by Crippen LogP contribution is 2.67. The van der Waals surface area contributed by atoms with Crippen molar-refractivity contribution in [3.05, 3.63) is 0 Å². The van der Waals surface area contributed by atoms with Crippen molar-refractivity contribution in [3.63, 3.8) is 0 Å². The average Bonchev–Trinajstić information content (AvgIpc) is 3.23. The molecule has 4 saturated carbocycles. The van der Waals surface area contributed by atoms with Crippen molar-refractivity contribution in [1.29, 1.82) is 0 Å². The molecule has 8 atom stereocenters. The summed E-state index contributed by atoms with van der Waals surface area (Å²) in [5, 5.41) is 0. The van der Waals surface area contributed by atoms with Gasteiger partial charge in [0, 0.05) is 5.41 Å². The van der Waals surface area contributed by atoms with E-state index in [-0.39, 0.29) is 62.2 Å². The number of fused-ring (bicyclic) bond motifs is 5. The molecule has 4 fully saturated rings. The van der Waals surface area contributed by atoms with Gasteiger partial charge in [0.05, 0.1) is 0 Å². The van der Waals surface area contributed by atoms with Gasteiger partial charge in [-0.05, 0) is 86.9 Å². The lowest BCUT2D eigenvalue weighted by Crippen LogP contribution is -2.58. The lowest BCUT2D eigenvalue weighted by molar-refractivity contribution is -0.349. The molecule has 260 valence electrons. The predicted octanol–water partition coefficient (Wildman–Crippen LogP) is 8.52. The van der Waals surface area contributed by atoms with E-state index < -0.39 is 71.0 Å². The third kappa shape index (κ3) is 5.35. The molecule has 0 heterocycles. The number of ether oxygens (including phenoxy) is 2. The first kappa shape index (κ1) is 35.8. The maximum Gasteiger partial charge on any atom is 0.460 e. The van der Waals surface area contributed by atoms with Crippen molar-refractivity contribution in [1.82, 2.24) is 0 Å². The Hall–Kier alpha value is -2.04. The second-order valence-electron chi connectivity index (χ2n) is 13.3. The van der Waals surface area contributed by atoms with E-state index >= 15 is 0 Å². The van der Waals surface area contributed by atoms with Crippen molar-refractivity contribution < 1.29 is 80.5 Å². The van der Waals surface area contributed by atoms with Gasteiger partial charge >= 0.3 is 48.0 Å². The van der Waals surface area contributed by atoms with Gasteiger partial charge < -0.3 is 9.47 Å². The molecule has 3 unspecified atom stereocenters. The molecule has 0 saturated heterocycles. The summed E-state index contributed by atoms with van der Waals surface area (Å²) < 4.78 is 193. The fourth-order valence-electron chi connectivity index (χ4n) is 8.51. The number of rotatable bonds is 6. The van der Waals surface area contributed by atoms with Crippen LogP contribution in [0.1, 0.15) is 71.6 Å². The highest BCUT2D eigenvalue weighted by molar-refractivity contribution is 5.80. The van der Waals surface area contributed by atoms with E-state index in [9.17, 15) is 71.1 Å². The maximum atomic E-state index is 14.0. The maximum absolute atomic E-state index is 14.0. The van der Waals surface area contributed by atoms with Gasteiger partial charge in [-0.1, -0.05) is 13.8 Å². The zero-order valence-corrected chi connectivity index (χ0v) is 23.8. The third-order valence-electron chi connectivity index (χ3n) is 11.1. The van der Waals surface area contributed by atoms with Crippen LogP contribution in [0.5, 0.6) is 0 Å². The summed E-state index contributed by atoms with van der Waals surface area (Å²) in [4.78, 5) is 23.8. The first-order valence-electron chi connectivity index (χ1n) is 14.2. The molecule has 45 heavy (non-hydrogen) atoms. The molecule has 4 rings (SSSR count). The van der Waals surface area contributed by atoms with E-state index in [1.807, 2.05) is 6.92 Å². The molecule has 0 aromatic rings. The summed E-state index contributed by atoms with van der Waals surface area (Å²) in [6.45, 7) is 3.45. The molecule has 0 aliphatic heterocycles. The van der Waals surface area contributed by atoms with Gasteiger partial charge in [-0.2, -0.15) is 61.5 Å². The predicted molar refractivity (Wildman–Crippen MR) is 123 cm³/mol. The molecule has 0 radical (unpaired) electrons. The Bertz CT molecular complexity index is 1170. The van der Waals surface area contributed by atoms with Gasteiger partial charge in [-0.15, -0.1) is 0 Å². The topological polar surface area (TPSA) is 52.6 Å². The summed E-state index contributed by atoms with van der Waals surface area (Å²) in [6, 6.07) is 0. The molecular weight excluding hydrogens is 654 g/mol. The molecule has 4 aliphatic rings. The molecule has 0 amide bonds. The van der Waals surface area contributed by atoms with E-state index in [1.54, 1.807) is 6.92 Å². The Kier molecular flexibility index (Phi) is 8.55. The standard InChI is InChI=1S/C27H30F14O4/c1-20-9-7-13(44-18(42)22(28,29)24(32,33)26(36,37)38)11-12(20)3-4-14-15-5-6-17(21(15,2)10-8-16(14)20)45-19(43)23(30,31)25(34,35)27(39,40)41/h12-17H,3-11H2,1-2H3/t12-,13+,14?,15?,16?,17+,20-,21-/m0/s1. The summed E-state index contributed by atoms with van der Waals surface area (Å²) in [6.07, 6.45) is -14.6. The van der Waals surface area contributed by atoms with Crippen LogP contribution in [0.3, 0.4) is 0 Å². The third-order valence-corrected chi connectivity index (χ3v) is 11.1. The van der Waals surface area contributed by atoms with E-state index in [2.05, 4.69) is 9.47 Å². The lowest BCUT2D eigenvalue weighted by Gasteiger charge is -2.60. The van der Waals surface area contributed by atoms with E-state index in [1.165, 1.54) is 0 Å². The molecule has 0 aromatic heterocycles. The smallest absolute Gasteiger partial charge is 0.458 e. The number of carbonyl (C=O) groups is 2. The molecule has 0 bridgehead atoms. The SMILES string of the molecule is C[C@]12CCC3C(CC[C@H]4C[C@H](OC(=O)C(F)(F)C(F)(F)C(F)(F)F)CC[C@]34C)C1CC[C@H]2OC(=O)C(F)(F)C(F)(F)C(F)(F)F. The fourth-order valence-corrected chi connectivity index (χ4v) is 8.51. The molecule has 18 heteroatoms. The van der Waals surface area contributed by atoms with Crippen LogP contribution >= 0.6 is 0 Å². The summed E-state index contributed by atoms with van der Waals surface area (Å²) in [5.41, 5.74) is -1.59. The second kappa shape index (κ2) is 10.7. The molecule has 4 nitrogen and oxygen atoms in total. The van der Waals surface area contributed by atoms with Crippen LogP contribution < -0.4 is 0 Å². The van der Waals surface area contributed by atoms with E-state index in [4.69, 9.17) is 0 Å². The Morgan fingerprint density at radius 2 is 1.04 bits per heavy atom. The van der Waals surface area contributed by atoms with Crippen LogP contribution in [-0.2, 0) is 19.1 Å². The Morgan fingerprint density at radius 1 is 0.578 bits per heavy atom. The minimum atomic E-state index is -6.71. The summed E-state index contributed by atoms with van der Waals surface area (Å²) >= 11 is 0. The van der Waals surface area contributed by atoms with Crippen LogP contribution in [0.2, 0.25) is 0 Å². The molecular formula is C27H30F14O4. The van der Waals surface area contributed by atoms with Gasteiger partial charge in [0.25, 0.3) is 0 Å². The number of carbonyl (C=O) groups excluding carboxylic acids is 2. The molecule has 0 spiro atoms. The van der Waals surface area contributed by atoms with Gasteiger partial charge in [-0.3, -0.25) is 0 Å². The first-order chi connectivity index (χ1) is 20.2. The van der Waals surface area contributed by atoms with Gasteiger partial charge in [0.1, 0.15) is 12.2 Å². The van der Waals surface area contributed by atoms with Crippen LogP contribution in [0.4, 0.5) is 61.5 Å². The van der Waals surface area contributed by atoms with E-state index in [0.717, 1.165) is 0 Å². The van der Waals surface area contributed by atoms with Crippen molar-refractivity contribution in [2.24, 2.45) is 34.5 Å². The highest BCUT2D eigenvalue weighted by Gasteiger charge is 2.78. The first-order valence-corrected chi connectivity index (χ1v) is 14.2. The monoisotopic (exact) mass is 684 g/mol. The highest BCUT2D eigenvalue weighted by atomic mass is 19.4. The number of alkyl halides is 14. The summed E-state index contributed by atoms with van der Waals surface area (Å²) in [7, 11) is 0. The van der Waals surface area contributed by atoms with Crippen molar-refractivity contribution in [2.75, 3.05) is 0 Å². The van der Waals surface area contributed by atoms with Gasteiger partial charge in [-0.25, -0.2) is 9.59 Å². The van der Waals surface area contributed by atoms with Crippen molar-refractivity contribution >= 4 is 11.9 Å². The fraction of sp³-hybridized carbons (Fsp3) is 0.926. The zero-order valence-electron chi connectivity index (χ0n) is 23.8. The number of hydrogen-bond acceptors (Lipinski definition) is 4. The molecule has 0 aromatic carbocycles. The normalized spacial score (nSPS) is 36.4.